The molecule has 0 saturated heterocycles. The molecule has 0 fully saturated rings. The van der Waals surface area contributed by atoms with Crippen LogP contribution in [0.2, 0.25) is 0 Å². The van der Waals surface area contributed by atoms with Gasteiger partial charge in [0.1, 0.15) is 0 Å². The Hall–Kier alpha value is -1.36. The molecule has 1 N–H and O–H groups in total. The molecule has 1 aromatic carbocycles. The van der Waals surface area contributed by atoms with Crippen LogP contribution in [-0.2, 0) is 16.3 Å². The first-order valence-corrected chi connectivity index (χ1v) is 11.5. The Balaban J connectivity index is 2.39. The molecule has 5 heteroatoms. The maximum Gasteiger partial charge on any atom is 0.251 e. The Morgan fingerprint density at radius 3 is 2.23 bits per heavy atom. The number of amides is 1. The van der Waals surface area contributed by atoms with Crippen molar-refractivity contribution in [1.29, 1.82) is 0 Å². The molecule has 148 valence electrons. The highest BCUT2D eigenvalue weighted by atomic mass is 32.2. The summed E-state index contributed by atoms with van der Waals surface area (Å²) in [4.78, 5) is 12.2. The predicted molar refractivity (Wildman–Crippen MR) is 109 cm³/mol. The molecule has 0 heterocycles. The van der Waals surface area contributed by atoms with E-state index in [4.69, 9.17) is 0 Å². The quantitative estimate of drug-likeness (QED) is 0.576. The van der Waals surface area contributed by atoms with E-state index in [1.807, 2.05) is 32.9 Å². The maximum absolute atomic E-state index is 12.2. The third kappa shape index (κ3) is 7.48. The molecule has 0 atom stereocenters. The fraction of sp³-hybridized carbons (Fsp3) is 0.667. The molecule has 0 unspecified atom stereocenters. The van der Waals surface area contributed by atoms with Gasteiger partial charge in [0.25, 0.3) is 5.91 Å². The highest BCUT2D eigenvalue weighted by Gasteiger charge is 2.15. The van der Waals surface area contributed by atoms with Crippen molar-refractivity contribution in [2.45, 2.75) is 84.4 Å². The summed E-state index contributed by atoms with van der Waals surface area (Å²) in [6, 6.07) is 6.06. The number of rotatable bonds is 11. The first-order valence-electron chi connectivity index (χ1n) is 9.76. The summed E-state index contributed by atoms with van der Waals surface area (Å²) in [6.45, 7) is 9.43. The molecule has 0 aromatic heterocycles. The van der Waals surface area contributed by atoms with Gasteiger partial charge in [-0.2, -0.15) is 0 Å². The van der Waals surface area contributed by atoms with Crippen molar-refractivity contribution in [2.75, 3.05) is 5.75 Å². The number of hydrogen-bond donors (Lipinski definition) is 1. The van der Waals surface area contributed by atoms with Crippen LogP contribution in [0.25, 0.3) is 0 Å². The van der Waals surface area contributed by atoms with Crippen LogP contribution >= 0.6 is 0 Å². The molecular weight excluding hydrogens is 346 g/mol. The topological polar surface area (TPSA) is 63.2 Å². The Morgan fingerprint density at radius 1 is 1.00 bits per heavy atom. The van der Waals surface area contributed by atoms with Crippen molar-refractivity contribution < 1.29 is 13.2 Å². The number of sulfone groups is 1. The molecule has 1 amide bonds. The van der Waals surface area contributed by atoms with E-state index in [0.29, 0.717) is 5.75 Å². The highest BCUT2D eigenvalue weighted by Crippen LogP contribution is 2.17. The predicted octanol–water partition coefficient (Wildman–Crippen LogP) is 4.45. The van der Waals surface area contributed by atoms with Gasteiger partial charge in [-0.05, 0) is 71.1 Å². The lowest BCUT2D eigenvalue weighted by molar-refractivity contribution is 0.0942. The van der Waals surface area contributed by atoms with E-state index in [9.17, 15) is 13.2 Å². The van der Waals surface area contributed by atoms with Crippen LogP contribution in [0.4, 0.5) is 0 Å². The van der Waals surface area contributed by atoms with E-state index < -0.39 is 9.84 Å². The summed E-state index contributed by atoms with van der Waals surface area (Å²) in [5, 5.41) is 2.68. The minimum atomic E-state index is -2.90. The molecule has 0 aliphatic carbocycles. The summed E-state index contributed by atoms with van der Waals surface area (Å²) < 4.78 is 23.5. The summed E-state index contributed by atoms with van der Waals surface area (Å²) >= 11 is 0. The monoisotopic (exact) mass is 381 g/mol. The fourth-order valence-electron chi connectivity index (χ4n) is 2.92. The molecule has 0 bridgehead atoms. The van der Waals surface area contributed by atoms with Gasteiger partial charge in [0, 0.05) is 11.6 Å². The van der Waals surface area contributed by atoms with Crippen molar-refractivity contribution in [3.8, 4) is 0 Å². The molecule has 4 nitrogen and oxygen atoms in total. The molecule has 0 spiro atoms. The average Bonchev–Trinajstić information content (AvgIpc) is 2.54. The SMILES string of the molecule is Cc1c(CCCCCCCS(=O)(=O)C(C)C)cccc1C(=O)NC(C)C. The minimum absolute atomic E-state index is 0.00860. The number of nitrogens with one attached hydrogen (secondary N) is 1. The molecule has 1 rings (SSSR count). The maximum atomic E-state index is 12.2. The van der Waals surface area contributed by atoms with Crippen LogP contribution in [0.15, 0.2) is 18.2 Å². The van der Waals surface area contributed by atoms with Crippen LogP contribution in [0.1, 0.15) is 81.3 Å². The van der Waals surface area contributed by atoms with Gasteiger partial charge in [0.2, 0.25) is 0 Å². The lowest BCUT2D eigenvalue weighted by Crippen LogP contribution is -2.30. The van der Waals surface area contributed by atoms with E-state index >= 15 is 0 Å². The summed E-state index contributed by atoms with van der Waals surface area (Å²) in [5.74, 6) is 0.294. The zero-order valence-corrected chi connectivity index (χ0v) is 17.8. The van der Waals surface area contributed by atoms with Gasteiger partial charge in [0.15, 0.2) is 9.84 Å². The number of benzene rings is 1. The second kappa shape index (κ2) is 10.7. The minimum Gasteiger partial charge on any atom is -0.350 e. The van der Waals surface area contributed by atoms with Crippen molar-refractivity contribution in [3.63, 3.8) is 0 Å². The first-order chi connectivity index (χ1) is 12.1. The number of unbranched alkanes of at least 4 members (excludes halogenated alkanes) is 4. The fourth-order valence-corrected chi connectivity index (χ4v) is 4.00. The van der Waals surface area contributed by atoms with Crippen molar-refractivity contribution in [3.05, 3.63) is 34.9 Å². The highest BCUT2D eigenvalue weighted by molar-refractivity contribution is 7.91. The molecule has 1 aromatic rings. The molecule has 26 heavy (non-hydrogen) atoms. The summed E-state index contributed by atoms with van der Waals surface area (Å²) in [6.07, 6.45) is 5.88. The Labute approximate surface area is 159 Å². The van der Waals surface area contributed by atoms with Crippen molar-refractivity contribution >= 4 is 15.7 Å². The van der Waals surface area contributed by atoms with E-state index in [1.54, 1.807) is 13.8 Å². The number of aryl methyl sites for hydroxylation is 1. The van der Waals surface area contributed by atoms with Crippen molar-refractivity contribution in [2.24, 2.45) is 0 Å². The third-order valence-corrected chi connectivity index (χ3v) is 7.00. The van der Waals surface area contributed by atoms with Gasteiger partial charge >= 0.3 is 0 Å². The molecular formula is C21H35NO3S. The largest absolute Gasteiger partial charge is 0.350 e. The third-order valence-electron chi connectivity index (χ3n) is 4.70. The van der Waals surface area contributed by atoms with Crippen LogP contribution in [0, 0.1) is 6.92 Å². The summed E-state index contributed by atoms with van der Waals surface area (Å²) in [5.41, 5.74) is 3.05. The van der Waals surface area contributed by atoms with Gasteiger partial charge < -0.3 is 5.32 Å². The number of hydrogen-bond acceptors (Lipinski definition) is 3. The summed E-state index contributed by atoms with van der Waals surface area (Å²) in [7, 11) is -2.90. The molecule has 0 radical (unpaired) electrons. The van der Waals surface area contributed by atoms with Crippen LogP contribution in [-0.4, -0.2) is 31.4 Å². The van der Waals surface area contributed by atoms with Crippen LogP contribution < -0.4 is 5.32 Å². The first kappa shape index (κ1) is 22.7. The number of carbonyl (C=O) groups excluding carboxylic acids is 1. The zero-order chi connectivity index (χ0) is 19.7. The van der Waals surface area contributed by atoms with Crippen LogP contribution in [0.5, 0.6) is 0 Å². The standard InChI is InChI=1S/C21H35NO3S/c1-16(2)22-21(23)20-14-11-13-19(18(20)5)12-9-7-6-8-10-15-26(24,25)17(3)4/h11,13-14,16-17H,6-10,12,15H2,1-5H3,(H,22,23). The van der Waals surface area contributed by atoms with Crippen LogP contribution in [0.3, 0.4) is 0 Å². The Kier molecular flexibility index (Phi) is 9.34. The zero-order valence-electron chi connectivity index (χ0n) is 17.0. The van der Waals surface area contributed by atoms with Gasteiger partial charge in [-0.3, -0.25) is 4.79 Å². The van der Waals surface area contributed by atoms with E-state index in [1.165, 1.54) is 5.56 Å². The Bertz CT molecular complexity index is 678. The van der Waals surface area contributed by atoms with E-state index in [0.717, 1.165) is 49.7 Å². The second-order valence-corrected chi connectivity index (χ2v) is 10.3. The lowest BCUT2D eigenvalue weighted by Gasteiger charge is -2.13. The van der Waals surface area contributed by atoms with Gasteiger partial charge in [0.05, 0.1) is 11.0 Å². The molecule has 0 saturated carbocycles. The van der Waals surface area contributed by atoms with E-state index in [2.05, 4.69) is 11.4 Å². The Morgan fingerprint density at radius 2 is 1.62 bits per heavy atom. The second-order valence-electron chi connectivity index (χ2n) is 7.65. The average molecular weight is 382 g/mol. The smallest absolute Gasteiger partial charge is 0.251 e. The van der Waals surface area contributed by atoms with Crippen molar-refractivity contribution in [1.82, 2.24) is 5.32 Å². The van der Waals surface area contributed by atoms with E-state index in [-0.39, 0.29) is 17.2 Å². The lowest BCUT2D eigenvalue weighted by atomic mass is 9.97. The van der Waals surface area contributed by atoms with Gasteiger partial charge in [-0.1, -0.05) is 31.4 Å². The van der Waals surface area contributed by atoms with Gasteiger partial charge in [-0.25, -0.2) is 8.42 Å². The molecule has 0 aliphatic rings. The molecule has 0 aliphatic heterocycles. The number of carbonyl (C=O) groups is 1. The van der Waals surface area contributed by atoms with Gasteiger partial charge in [-0.15, -0.1) is 0 Å². The normalized spacial score (nSPS) is 12.0.